The number of hydrogen-bond donors (Lipinski definition) is 2. The number of aryl methyl sites for hydroxylation is 1. The minimum atomic E-state index is -4.91. The van der Waals surface area contributed by atoms with Gasteiger partial charge in [0.25, 0.3) is 0 Å². The lowest BCUT2D eigenvalue weighted by molar-refractivity contribution is -0.173. The number of benzene rings is 1. The highest BCUT2D eigenvalue weighted by Crippen LogP contribution is 2.13. The third kappa shape index (κ3) is 6.11. The van der Waals surface area contributed by atoms with Gasteiger partial charge in [-0.25, -0.2) is 0 Å². The van der Waals surface area contributed by atoms with Crippen molar-refractivity contribution in [1.82, 2.24) is 10.6 Å². The Kier molecular flexibility index (Phi) is 5.95. The van der Waals surface area contributed by atoms with Crippen LogP contribution in [0, 0.1) is 6.92 Å². The normalized spacial score (nSPS) is 11.4. The lowest BCUT2D eigenvalue weighted by atomic mass is 10.1. The van der Waals surface area contributed by atoms with E-state index in [-0.39, 0.29) is 13.1 Å². The number of halogens is 3. The first-order chi connectivity index (χ1) is 9.80. The van der Waals surface area contributed by atoms with Crippen LogP contribution in [0.4, 0.5) is 13.2 Å². The molecule has 7 heteroatoms. The Morgan fingerprint density at radius 2 is 1.76 bits per heavy atom. The van der Waals surface area contributed by atoms with Gasteiger partial charge in [0.15, 0.2) is 0 Å². The van der Waals surface area contributed by atoms with Crippen molar-refractivity contribution in [1.29, 1.82) is 0 Å². The maximum atomic E-state index is 11.9. The minimum Gasteiger partial charge on any atom is -0.351 e. The van der Waals surface area contributed by atoms with E-state index in [9.17, 15) is 22.8 Å². The molecule has 1 rings (SSSR count). The first-order valence-electron chi connectivity index (χ1n) is 6.17. The Hall–Kier alpha value is -2.31. The first-order valence-corrected chi connectivity index (χ1v) is 6.17. The maximum Gasteiger partial charge on any atom is 0.471 e. The summed E-state index contributed by atoms with van der Waals surface area (Å²) in [5.41, 5.74) is 1.87. The van der Waals surface area contributed by atoms with Crippen molar-refractivity contribution in [2.75, 3.05) is 13.1 Å². The van der Waals surface area contributed by atoms with Gasteiger partial charge in [0.2, 0.25) is 5.91 Å². The molecule has 1 aromatic carbocycles. The van der Waals surface area contributed by atoms with Crippen molar-refractivity contribution in [2.45, 2.75) is 13.1 Å². The van der Waals surface area contributed by atoms with Gasteiger partial charge in [-0.3, -0.25) is 9.59 Å². The molecular formula is C14H15F3N2O2. The predicted molar refractivity (Wildman–Crippen MR) is 72.3 cm³/mol. The lowest BCUT2D eigenvalue weighted by Gasteiger charge is -2.07. The minimum absolute atomic E-state index is 0.0846. The van der Waals surface area contributed by atoms with E-state index in [0.29, 0.717) is 0 Å². The molecule has 0 unspecified atom stereocenters. The van der Waals surface area contributed by atoms with Crippen molar-refractivity contribution in [3.05, 3.63) is 41.5 Å². The Balaban J connectivity index is 2.32. The van der Waals surface area contributed by atoms with Crippen LogP contribution in [0.25, 0.3) is 6.08 Å². The predicted octanol–water partition coefficient (Wildman–Crippen LogP) is 1.80. The van der Waals surface area contributed by atoms with Gasteiger partial charge in [0.05, 0.1) is 0 Å². The topological polar surface area (TPSA) is 58.2 Å². The van der Waals surface area contributed by atoms with Crippen molar-refractivity contribution in [3.8, 4) is 0 Å². The van der Waals surface area contributed by atoms with Gasteiger partial charge in [-0.05, 0) is 24.1 Å². The highest BCUT2D eigenvalue weighted by Gasteiger charge is 2.38. The zero-order valence-electron chi connectivity index (χ0n) is 11.3. The highest BCUT2D eigenvalue weighted by atomic mass is 19.4. The number of nitrogens with one attached hydrogen (secondary N) is 2. The Morgan fingerprint density at radius 1 is 1.14 bits per heavy atom. The molecule has 0 aliphatic carbocycles. The number of rotatable bonds is 5. The Bertz CT molecular complexity index is 539. The van der Waals surface area contributed by atoms with Gasteiger partial charge < -0.3 is 10.6 Å². The van der Waals surface area contributed by atoms with Gasteiger partial charge in [-0.2, -0.15) is 13.2 Å². The maximum absolute atomic E-state index is 11.9. The molecule has 0 aromatic heterocycles. The van der Waals surface area contributed by atoms with Crippen molar-refractivity contribution >= 4 is 17.9 Å². The monoisotopic (exact) mass is 300 g/mol. The Morgan fingerprint density at radius 3 is 2.38 bits per heavy atom. The number of hydrogen-bond acceptors (Lipinski definition) is 2. The van der Waals surface area contributed by atoms with E-state index in [1.165, 1.54) is 6.08 Å². The molecule has 0 aliphatic heterocycles. The average Bonchev–Trinajstić information content (AvgIpc) is 2.41. The fraction of sp³-hybridized carbons (Fsp3) is 0.286. The quantitative estimate of drug-likeness (QED) is 0.643. The van der Waals surface area contributed by atoms with Gasteiger partial charge in [0, 0.05) is 19.2 Å². The average molecular weight is 300 g/mol. The summed E-state index contributed by atoms with van der Waals surface area (Å²) in [7, 11) is 0. The van der Waals surface area contributed by atoms with E-state index in [1.807, 2.05) is 31.2 Å². The second-order valence-corrected chi connectivity index (χ2v) is 4.23. The molecule has 2 N–H and O–H groups in total. The van der Waals surface area contributed by atoms with Crippen LogP contribution in [0.5, 0.6) is 0 Å². The van der Waals surface area contributed by atoms with Gasteiger partial charge in [0.1, 0.15) is 0 Å². The molecule has 0 bridgehead atoms. The molecule has 1 aromatic rings. The van der Waals surface area contributed by atoms with Crippen molar-refractivity contribution < 1.29 is 22.8 Å². The van der Waals surface area contributed by atoms with Crippen LogP contribution in [0.3, 0.4) is 0 Å². The lowest BCUT2D eigenvalue weighted by Crippen LogP contribution is -2.40. The fourth-order valence-corrected chi connectivity index (χ4v) is 1.46. The van der Waals surface area contributed by atoms with Crippen molar-refractivity contribution in [3.63, 3.8) is 0 Å². The molecule has 4 nitrogen and oxygen atoms in total. The van der Waals surface area contributed by atoms with E-state index in [0.717, 1.165) is 11.1 Å². The van der Waals surface area contributed by atoms with E-state index < -0.39 is 18.0 Å². The molecule has 2 amide bonds. The third-order valence-electron chi connectivity index (χ3n) is 2.57. The summed E-state index contributed by atoms with van der Waals surface area (Å²) in [4.78, 5) is 21.9. The highest BCUT2D eigenvalue weighted by molar-refractivity contribution is 5.91. The summed E-state index contributed by atoms with van der Waals surface area (Å²) < 4.78 is 35.6. The molecule has 0 radical (unpaired) electrons. The van der Waals surface area contributed by atoms with Crippen LogP contribution in [0.2, 0.25) is 0 Å². The standard InChI is InChI=1S/C14H15F3N2O2/c1-10-4-2-3-5-11(10)6-7-12(20)18-8-9-19-13(21)14(15,16)17/h2-7H,8-9H2,1H3,(H,18,20)(H,19,21)/b7-6+. The summed E-state index contributed by atoms with van der Waals surface area (Å²) in [5.74, 6) is -2.47. The SMILES string of the molecule is Cc1ccccc1/C=C/C(=O)NCCNC(=O)C(F)(F)F. The summed E-state index contributed by atoms with van der Waals surface area (Å²) in [6.07, 6.45) is -2.01. The Labute approximate surface area is 120 Å². The number of alkyl halides is 3. The summed E-state index contributed by atoms with van der Waals surface area (Å²) in [6.45, 7) is 1.52. The summed E-state index contributed by atoms with van der Waals surface area (Å²) in [6, 6.07) is 7.43. The second kappa shape index (κ2) is 7.47. The fourth-order valence-electron chi connectivity index (χ4n) is 1.46. The van der Waals surface area contributed by atoms with Crippen LogP contribution < -0.4 is 10.6 Å². The zero-order chi connectivity index (χ0) is 15.9. The van der Waals surface area contributed by atoms with E-state index in [4.69, 9.17) is 0 Å². The summed E-state index contributed by atoms with van der Waals surface area (Å²) >= 11 is 0. The molecule has 0 heterocycles. The third-order valence-corrected chi connectivity index (χ3v) is 2.57. The second-order valence-electron chi connectivity index (χ2n) is 4.23. The molecule has 114 valence electrons. The largest absolute Gasteiger partial charge is 0.471 e. The van der Waals surface area contributed by atoms with E-state index >= 15 is 0 Å². The molecule has 0 spiro atoms. The zero-order valence-corrected chi connectivity index (χ0v) is 11.3. The van der Waals surface area contributed by atoms with Crippen LogP contribution in [-0.2, 0) is 9.59 Å². The van der Waals surface area contributed by atoms with Crippen molar-refractivity contribution in [2.24, 2.45) is 0 Å². The molecule has 0 saturated heterocycles. The number of amides is 2. The number of carbonyl (C=O) groups excluding carboxylic acids is 2. The first kappa shape index (κ1) is 16.7. The van der Waals surface area contributed by atoms with E-state index in [1.54, 1.807) is 11.4 Å². The number of carbonyl (C=O) groups is 2. The van der Waals surface area contributed by atoms with Gasteiger partial charge in [-0.15, -0.1) is 0 Å². The van der Waals surface area contributed by atoms with Crippen LogP contribution >= 0.6 is 0 Å². The summed E-state index contributed by atoms with van der Waals surface area (Å²) in [5, 5.41) is 4.03. The molecule has 0 fully saturated rings. The molecule has 0 atom stereocenters. The molecule has 0 saturated carbocycles. The smallest absolute Gasteiger partial charge is 0.351 e. The van der Waals surface area contributed by atoms with Crippen LogP contribution in [0.15, 0.2) is 30.3 Å². The van der Waals surface area contributed by atoms with Crippen LogP contribution in [0.1, 0.15) is 11.1 Å². The van der Waals surface area contributed by atoms with E-state index in [2.05, 4.69) is 5.32 Å². The van der Waals surface area contributed by atoms with Gasteiger partial charge >= 0.3 is 12.1 Å². The molecular weight excluding hydrogens is 285 g/mol. The van der Waals surface area contributed by atoms with Gasteiger partial charge in [-0.1, -0.05) is 24.3 Å². The van der Waals surface area contributed by atoms with Crippen LogP contribution in [-0.4, -0.2) is 31.1 Å². The molecule has 0 aliphatic rings. The molecule has 21 heavy (non-hydrogen) atoms.